The van der Waals surface area contributed by atoms with Gasteiger partial charge in [0.1, 0.15) is 12.1 Å². The van der Waals surface area contributed by atoms with Gasteiger partial charge in [0.15, 0.2) is 0 Å². The van der Waals surface area contributed by atoms with E-state index in [0.29, 0.717) is 18.8 Å². The van der Waals surface area contributed by atoms with Gasteiger partial charge in [-0.2, -0.15) is 0 Å². The van der Waals surface area contributed by atoms with Gasteiger partial charge in [-0.3, -0.25) is 4.79 Å². The Bertz CT molecular complexity index is 659. The van der Waals surface area contributed by atoms with Gasteiger partial charge in [-0.15, -0.1) is 0 Å². The molecule has 0 spiro atoms. The molecule has 0 unspecified atom stereocenters. The second-order valence-electron chi connectivity index (χ2n) is 8.79. The SMILES string of the molecule is CO[C@@H]1CC[C@@H](C)[C@@H]2CC(=O)[C@@]3(C=O)[C@H](CC(=O)[O-])C(C)=CC[C@H]3[C@@]12C.[Na+]. The van der Waals surface area contributed by atoms with Crippen LogP contribution in [-0.2, 0) is 19.1 Å². The molecule has 5 nitrogen and oxygen atoms in total. The van der Waals surface area contributed by atoms with Crippen LogP contribution in [0.15, 0.2) is 11.6 Å². The normalized spacial score (nSPS) is 43.6. The molecule has 0 amide bonds. The van der Waals surface area contributed by atoms with Gasteiger partial charge in [-0.1, -0.05) is 25.5 Å². The van der Waals surface area contributed by atoms with E-state index in [1.54, 1.807) is 7.11 Å². The molecule has 3 aliphatic rings. The Morgan fingerprint density at radius 2 is 2.07 bits per heavy atom. The van der Waals surface area contributed by atoms with Crippen LogP contribution in [0, 0.1) is 34.5 Å². The molecule has 3 aliphatic carbocycles. The molecule has 3 rings (SSSR count). The van der Waals surface area contributed by atoms with Gasteiger partial charge in [-0.05, 0) is 50.4 Å². The first-order valence-corrected chi connectivity index (χ1v) is 9.62. The molecule has 0 heterocycles. The Balaban J connectivity index is 0.00000261. The number of ketones is 1. The monoisotopic (exact) mass is 384 g/mol. The number of fused-ring (bicyclic) bond motifs is 3. The summed E-state index contributed by atoms with van der Waals surface area (Å²) in [6, 6.07) is 0. The van der Waals surface area contributed by atoms with E-state index in [9.17, 15) is 19.5 Å². The van der Waals surface area contributed by atoms with Gasteiger partial charge in [-0.25, -0.2) is 0 Å². The average Bonchev–Trinajstić information content (AvgIpc) is 2.59. The van der Waals surface area contributed by atoms with Gasteiger partial charge in [0.2, 0.25) is 0 Å². The van der Waals surface area contributed by atoms with Gasteiger partial charge in [0.25, 0.3) is 0 Å². The molecule has 2 fully saturated rings. The summed E-state index contributed by atoms with van der Waals surface area (Å²) in [5.41, 5.74) is -0.800. The van der Waals surface area contributed by atoms with Crippen molar-refractivity contribution in [2.24, 2.45) is 34.5 Å². The van der Waals surface area contributed by atoms with Crippen molar-refractivity contribution < 1.29 is 53.8 Å². The number of ether oxygens (including phenoxy) is 1. The predicted octanol–water partition coefficient (Wildman–Crippen LogP) is -1.06. The van der Waals surface area contributed by atoms with Crippen molar-refractivity contribution in [3.05, 3.63) is 11.6 Å². The molecule has 0 aromatic carbocycles. The minimum atomic E-state index is -1.28. The number of allylic oxidation sites excluding steroid dienone is 2. The topological polar surface area (TPSA) is 83.5 Å². The molecular weight excluding hydrogens is 355 g/mol. The quantitative estimate of drug-likeness (QED) is 0.267. The van der Waals surface area contributed by atoms with Crippen molar-refractivity contribution in [1.29, 1.82) is 0 Å². The van der Waals surface area contributed by atoms with E-state index in [4.69, 9.17) is 4.74 Å². The Hall–Kier alpha value is -0.490. The maximum atomic E-state index is 13.3. The maximum absolute atomic E-state index is 13.3. The van der Waals surface area contributed by atoms with Gasteiger partial charge < -0.3 is 19.4 Å². The minimum Gasteiger partial charge on any atom is -0.550 e. The fraction of sp³-hybridized carbons (Fsp3) is 0.762. The van der Waals surface area contributed by atoms with Crippen molar-refractivity contribution in [2.75, 3.05) is 7.11 Å². The number of methoxy groups -OCH3 is 1. The largest absolute Gasteiger partial charge is 1.00 e. The van der Waals surface area contributed by atoms with E-state index in [0.717, 1.165) is 24.7 Å². The molecule has 0 saturated heterocycles. The minimum absolute atomic E-state index is 0. The van der Waals surface area contributed by atoms with E-state index < -0.39 is 17.3 Å². The number of Topliss-reactive ketones (excluding diaryl/α,β-unsaturated/α-hetero) is 1. The van der Waals surface area contributed by atoms with Crippen molar-refractivity contribution in [3.8, 4) is 0 Å². The number of hydrogen-bond acceptors (Lipinski definition) is 5. The average molecular weight is 384 g/mol. The first-order chi connectivity index (χ1) is 12.2. The number of carbonyl (C=O) groups excluding carboxylic acids is 3. The first-order valence-electron chi connectivity index (χ1n) is 9.62. The fourth-order valence-corrected chi connectivity index (χ4v) is 6.57. The Morgan fingerprint density at radius 1 is 1.41 bits per heavy atom. The van der Waals surface area contributed by atoms with E-state index in [1.807, 2.05) is 13.0 Å². The maximum Gasteiger partial charge on any atom is 1.00 e. The summed E-state index contributed by atoms with van der Waals surface area (Å²) in [6.07, 6.45) is 5.30. The third-order valence-electron chi connectivity index (χ3n) is 7.93. The molecular formula is C21H29NaO5. The number of hydrogen-bond donors (Lipinski definition) is 0. The Labute approximate surface area is 183 Å². The van der Waals surface area contributed by atoms with Crippen LogP contribution in [0.25, 0.3) is 0 Å². The van der Waals surface area contributed by atoms with E-state index >= 15 is 0 Å². The molecule has 6 heteroatoms. The van der Waals surface area contributed by atoms with Crippen molar-refractivity contribution in [3.63, 3.8) is 0 Å². The van der Waals surface area contributed by atoms with Crippen LogP contribution in [0.3, 0.4) is 0 Å². The molecule has 2 saturated carbocycles. The molecule has 0 radical (unpaired) electrons. The van der Waals surface area contributed by atoms with Crippen LogP contribution in [-0.4, -0.2) is 31.3 Å². The summed E-state index contributed by atoms with van der Waals surface area (Å²) >= 11 is 0. The number of carboxylic acid groups (broad SMARTS) is 1. The molecule has 0 aliphatic heterocycles. The van der Waals surface area contributed by atoms with E-state index in [1.165, 1.54) is 0 Å². The van der Waals surface area contributed by atoms with Gasteiger partial charge >= 0.3 is 29.6 Å². The van der Waals surface area contributed by atoms with Gasteiger partial charge in [0, 0.05) is 30.8 Å². The zero-order valence-corrected chi connectivity index (χ0v) is 19.1. The van der Waals surface area contributed by atoms with Crippen LogP contribution < -0.4 is 34.7 Å². The van der Waals surface area contributed by atoms with Crippen LogP contribution in [0.2, 0.25) is 0 Å². The molecule has 144 valence electrons. The third kappa shape index (κ3) is 3.19. The van der Waals surface area contributed by atoms with Gasteiger partial charge in [0.05, 0.1) is 11.5 Å². The summed E-state index contributed by atoms with van der Waals surface area (Å²) in [4.78, 5) is 37.2. The molecule has 0 aromatic rings. The van der Waals surface area contributed by atoms with E-state index in [-0.39, 0.29) is 65.1 Å². The number of carbonyl (C=O) groups is 3. The summed E-state index contributed by atoms with van der Waals surface area (Å²) in [5, 5.41) is 11.4. The predicted molar refractivity (Wildman–Crippen MR) is 93.9 cm³/mol. The van der Waals surface area contributed by atoms with Crippen molar-refractivity contribution >= 4 is 18.0 Å². The summed E-state index contributed by atoms with van der Waals surface area (Å²) in [5.74, 6) is -1.63. The van der Waals surface area contributed by atoms with Crippen molar-refractivity contribution in [2.45, 2.75) is 59.0 Å². The standard InChI is InChI=1S/C21H30O5.Na/c1-12-6-8-18(26-4)20(3)14(12)9-17(23)21(11-22)15(10-19(24)25)13(2)5-7-16(20)21;/h5,11-12,14-16,18H,6-10H2,1-4H3,(H,24,25);/q;+1/p-1/t12-,14+,15-,16+,18-,20+,21+;/m1./s1. The summed E-state index contributed by atoms with van der Waals surface area (Å²) < 4.78 is 5.85. The molecule has 0 aromatic heterocycles. The second kappa shape index (κ2) is 8.10. The smallest absolute Gasteiger partial charge is 0.550 e. The summed E-state index contributed by atoms with van der Waals surface area (Å²) in [7, 11) is 1.70. The molecule has 0 bridgehead atoms. The fourth-order valence-electron chi connectivity index (χ4n) is 6.57. The molecule has 7 atom stereocenters. The number of rotatable bonds is 4. The van der Waals surface area contributed by atoms with E-state index in [2.05, 4.69) is 13.8 Å². The first kappa shape index (κ1) is 22.8. The third-order valence-corrected chi connectivity index (χ3v) is 7.93. The zero-order chi connectivity index (χ0) is 19.3. The molecule has 27 heavy (non-hydrogen) atoms. The zero-order valence-electron chi connectivity index (χ0n) is 17.1. The molecule has 0 N–H and O–H groups in total. The Kier molecular flexibility index (Phi) is 6.83. The van der Waals surface area contributed by atoms with Crippen molar-refractivity contribution in [1.82, 2.24) is 0 Å². The van der Waals surface area contributed by atoms with Crippen LogP contribution in [0.5, 0.6) is 0 Å². The summed E-state index contributed by atoms with van der Waals surface area (Å²) in [6.45, 7) is 6.16. The number of aliphatic carboxylic acids is 1. The number of aldehydes is 1. The van der Waals surface area contributed by atoms with Crippen LogP contribution >= 0.6 is 0 Å². The van der Waals surface area contributed by atoms with Crippen LogP contribution in [0.4, 0.5) is 0 Å². The second-order valence-corrected chi connectivity index (χ2v) is 8.79. The van der Waals surface area contributed by atoms with Crippen LogP contribution in [0.1, 0.15) is 52.9 Å². The number of carboxylic acids is 1. The Morgan fingerprint density at radius 3 is 2.63 bits per heavy atom.